The molecule has 0 saturated heterocycles. The van der Waals surface area contributed by atoms with Crippen LogP contribution < -0.4 is 10.0 Å². The molecule has 0 unspecified atom stereocenters. The van der Waals surface area contributed by atoms with E-state index < -0.39 is 50.8 Å². The number of rotatable bonds is 8. The Hall–Kier alpha value is -3.05. The molecule has 162 valence electrons. The fourth-order valence-electron chi connectivity index (χ4n) is 2.45. The van der Waals surface area contributed by atoms with E-state index in [0.29, 0.717) is 12.1 Å². The van der Waals surface area contributed by atoms with Crippen LogP contribution >= 0.6 is 0 Å². The fraction of sp³-hybridized carbons (Fsp3) is 0.263. The average molecular weight is 442 g/mol. The van der Waals surface area contributed by atoms with E-state index in [9.17, 15) is 31.9 Å². The van der Waals surface area contributed by atoms with Crippen molar-refractivity contribution in [2.24, 2.45) is 5.92 Å². The molecule has 4 N–H and O–H groups in total. The highest BCUT2D eigenvalue weighted by Gasteiger charge is 2.21. The van der Waals surface area contributed by atoms with Crippen molar-refractivity contribution in [2.45, 2.75) is 24.8 Å². The molecular weight excluding hydrogens is 422 g/mol. The summed E-state index contributed by atoms with van der Waals surface area (Å²) in [5, 5.41) is 20.7. The average Bonchev–Trinajstić information content (AvgIpc) is 2.67. The number of hydrogen-bond donors (Lipinski definition) is 4. The number of aromatic carboxylic acids is 1. The molecule has 0 aliphatic heterocycles. The molecule has 0 radical (unpaired) electrons. The van der Waals surface area contributed by atoms with Gasteiger partial charge in [0.1, 0.15) is 11.6 Å². The molecule has 0 heterocycles. The Morgan fingerprint density at radius 1 is 1.07 bits per heavy atom. The lowest BCUT2D eigenvalue weighted by molar-refractivity contribution is 0.0691. The van der Waals surface area contributed by atoms with Crippen LogP contribution in [0.2, 0.25) is 0 Å². The lowest BCUT2D eigenvalue weighted by Crippen LogP contribution is -2.41. The van der Waals surface area contributed by atoms with Gasteiger partial charge in [0.2, 0.25) is 0 Å². The normalized spacial score (nSPS) is 12.5. The summed E-state index contributed by atoms with van der Waals surface area (Å²) < 4.78 is 54.4. The van der Waals surface area contributed by atoms with Gasteiger partial charge < -0.3 is 15.5 Å². The van der Waals surface area contributed by atoms with Crippen LogP contribution in [-0.4, -0.2) is 43.2 Å². The van der Waals surface area contributed by atoms with Gasteiger partial charge in [0.05, 0.1) is 28.8 Å². The summed E-state index contributed by atoms with van der Waals surface area (Å²) in [5.41, 5.74) is -1.56. The second kappa shape index (κ2) is 9.18. The van der Waals surface area contributed by atoms with Gasteiger partial charge in [-0.05, 0) is 36.2 Å². The van der Waals surface area contributed by atoms with Crippen molar-refractivity contribution >= 4 is 27.6 Å². The highest BCUT2D eigenvalue weighted by molar-refractivity contribution is 7.92. The number of nitrogens with one attached hydrogen (secondary N) is 2. The van der Waals surface area contributed by atoms with Gasteiger partial charge in [0, 0.05) is 11.6 Å². The zero-order valence-electron chi connectivity index (χ0n) is 16.0. The largest absolute Gasteiger partial charge is 0.478 e. The molecule has 0 saturated carbocycles. The van der Waals surface area contributed by atoms with Crippen LogP contribution in [0.1, 0.15) is 34.6 Å². The number of halogens is 2. The van der Waals surface area contributed by atoms with E-state index in [1.807, 2.05) is 18.6 Å². The minimum Gasteiger partial charge on any atom is -0.478 e. The van der Waals surface area contributed by atoms with Crippen molar-refractivity contribution in [3.05, 3.63) is 59.2 Å². The van der Waals surface area contributed by atoms with Crippen LogP contribution in [0.15, 0.2) is 41.3 Å². The number of aliphatic hydroxyl groups is 1. The van der Waals surface area contributed by atoms with Crippen LogP contribution in [0.4, 0.5) is 14.5 Å². The Labute approximate surface area is 171 Å². The maximum atomic E-state index is 14.0. The van der Waals surface area contributed by atoms with E-state index in [1.54, 1.807) is 0 Å². The molecule has 30 heavy (non-hydrogen) atoms. The number of carbonyl (C=O) groups is 2. The molecule has 0 spiro atoms. The smallest absolute Gasteiger partial charge is 0.338 e. The van der Waals surface area contributed by atoms with Gasteiger partial charge in [-0.3, -0.25) is 9.52 Å². The Kier molecular flexibility index (Phi) is 7.11. The number of sulfonamides is 1. The van der Waals surface area contributed by atoms with Crippen LogP contribution in [-0.2, 0) is 10.0 Å². The van der Waals surface area contributed by atoms with Gasteiger partial charge in [-0.1, -0.05) is 13.8 Å². The van der Waals surface area contributed by atoms with E-state index in [2.05, 4.69) is 5.32 Å². The summed E-state index contributed by atoms with van der Waals surface area (Å²) in [6.07, 6.45) is 0. The van der Waals surface area contributed by atoms with Crippen LogP contribution in [0.25, 0.3) is 0 Å². The van der Waals surface area contributed by atoms with Crippen molar-refractivity contribution in [1.82, 2.24) is 5.32 Å². The highest BCUT2D eigenvalue weighted by Crippen LogP contribution is 2.23. The first kappa shape index (κ1) is 23.2. The predicted octanol–water partition coefficient (Wildman–Crippen LogP) is 2.21. The highest BCUT2D eigenvalue weighted by atomic mass is 32.2. The van der Waals surface area contributed by atoms with Gasteiger partial charge >= 0.3 is 5.97 Å². The molecule has 0 aliphatic carbocycles. The second-order valence-corrected chi connectivity index (χ2v) is 8.44. The molecule has 2 aromatic rings. The lowest BCUT2D eigenvalue weighted by Gasteiger charge is -2.20. The topological polar surface area (TPSA) is 133 Å². The second-order valence-electron chi connectivity index (χ2n) is 6.75. The van der Waals surface area contributed by atoms with Gasteiger partial charge in [-0.2, -0.15) is 0 Å². The summed E-state index contributed by atoms with van der Waals surface area (Å²) >= 11 is 0. The van der Waals surface area contributed by atoms with E-state index in [0.717, 1.165) is 12.1 Å². The summed E-state index contributed by atoms with van der Waals surface area (Å²) in [5.74, 6) is -4.81. The Balaban J connectivity index is 2.23. The molecule has 1 atom stereocenters. The lowest BCUT2D eigenvalue weighted by atomic mass is 10.0. The zero-order chi connectivity index (χ0) is 22.6. The molecule has 0 bridgehead atoms. The minimum absolute atomic E-state index is 0.0226. The predicted molar refractivity (Wildman–Crippen MR) is 104 cm³/mol. The Morgan fingerprint density at radius 3 is 2.17 bits per heavy atom. The summed E-state index contributed by atoms with van der Waals surface area (Å²) in [6.45, 7) is 3.36. The number of amides is 1. The van der Waals surface area contributed by atoms with Crippen molar-refractivity contribution in [2.75, 3.05) is 11.3 Å². The number of anilines is 1. The molecule has 2 rings (SSSR count). The zero-order valence-corrected chi connectivity index (χ0v) is 16.8. The van der Waals surface area contributed by atoms with E-state index in [-0.39, 0.29) is 23.0 Å². The SMILES string of the molecule is CC(C)[C@H](CO)NC(=O)c1ccc(S(=O)(=O)Nc2cc(F)c(C(=O)O)cc2F)cc1. The van der Waals surface area contributed by atoms with Crippen LogP contribution in [0, 0.1) is 17.6 Å². The Bertz CT molecular complexity index is 1060. The number of carboxylic acid groups (broad SMARTS) is 1. The fourth-order valence-corrected chi connectivity index (χ4v) is 3.51. The third-order valence-electron chi connectivity index (χ3n) is 4.28. The third kappa shape index (κ3) is 5.30. The molecular formula is C19H20F2N2O6S. The molecule has 2 aromatic carbocycles. The van der Waals surface area contributed by atoms with Crippen LogP contribution in [0.5, 0.6) is 0 Å². The van der Waals surface area contributed by atoms with Crippen molar-refractivity contribution < 1.29 is 37.0 Å². The van der Waals surface area contributed by atoms with Crippen molar-refractivity contribution in [1.29, 1.82) is 0 Å². The molecule has 0 aromatic heterocycles. The number of carbonyl (C=O) groups excluding carboxylic acids is 1. The molecule has 11 heteroatoms. The third-order valence-corrected chi connectivity index (χ3v) is 5.66. The Morgan fingerprint density at radius 2 is 1.67 bits per heavy atom. The minimum atomic E-state index is -4.35. The van der Waals surface area contributed by atoms with Gasteiger partial charge in [-0.15, -0.1) is 0 Å². The first-order chi connectivity index (χ1) is 14.0. The van der Waals surface area contributed by atoms with Gasteiger partial charge in [0.25, 0.3) is 15.9 Å². The van der Waals surface area contributed by atoms with E-state index in [1.165, 1.54) is 12.1 Å². The van der Waals surface area contributed by atoms with Gasteiger partial charge in [0.15, 0.2) is 0 Å². The molecule has 0 aliphatic rings. The maximum Gasteiger partial charge on any atom is 0.338 e. The number of hydrogen-bond acceptors (Lipinski definition) is 5. The van der Waals surface area contributed by atoms with E-state index >= 15 is 0 Å². The van der Waals surface area contributed by atoms with Crippen molar-refractivity contribution in [3.63, 3.8) is 0 Å². The monoisotopic (exact) mass is 442 g/mol. The first-order valence-electron chi connectivity index (χ1n) is 8.73. The number of benzene rings is 2. The molecule has 8 nitrogen and oxygen atoms in total. The molecule has 1 amide bonds. The maximum absolute atomic E-state index is 14.0. The van der Waals surface area contributed by atoms with Gasteiger partial charge in [-0.25, -0.2) is 22.0 Å². The number of aliphatic hydroxyl groups excluding tert-OH is 1. The number of carboxylic acids is 1. The summed E-state index contributed by atoms with van der Waals surface area (Å²) in [7, 11) is -4.35. The molecule has 0 fully saturated rings. The van der Waals surface area contributed by atoms with Crippen LogP contribution in [0.3, 0.4) is 0 Å². The summed E-state index contributed by atoms with van der Waals surface area (Å²) in [6, 6.07) is 4.97. The van der Waals surface area contributed by atoms with Crippen molar-refractivity contribution in [3.8, 4) is 0 Å². The standard InChI is InChI=1S/C19H20F2N2O6S/c1-10(2)17(9-24)22-18(25)11-3-5-12(6-4-11)30(28,29)23-16-8-14(20)13(19(26)27)7-15(16)21/h3-8,10,17,23-24H,9H2,1-2H3,(H,22,25)(H,26,27)/t17-/m0/s1. The van der Waals surface area contributed by atoms with E-state index in [4.69, 9.17) is 5.11 Å². The quantitative estimate of drug-likeness (QED) is 0.496. The first-order valence-corrected chi connectivity index (χ1v) is 10.2. The summed E-state index contributed by atoms with van der Waals surface area (Å²) in [4.78, 5) is 22.7.